The molecule has 0 spiro atoms. The molecule has 7 nitrogen and oxygen atoms in total. The van der Waals surface area contributed by atoms with Crippen LogP contribution in [-0.4, -0.2) is 28.1 Å². The monoisotopic (exact) mass is 248 g/mol. The van der Waals surface area contributed by atoms with Crippen LogP contribution in [-0.2, 0) is 4.74 Å². The highest BCUT2D eigenvalue weighted by Gasteiger charge is 2.28. The summed E-state index contributed by atoms with van der Waals surface area (Å²) in [5.74, 6) is -2.29. The molecule has 0 aliphatic carbocycles. The maximum atomic E-state index is 12.4. The van der Waals surface area contributed by atoms with Crippen LogP contribution in [0.4, 0.5) is 14.5 Å². The number of hydrogen-bond acceptors (Lipinski definition) is 6. The van der Waals surface area contributed by atoms with Gasteiger partial charge in [0.2, 0.25) is 5.69 Å². The third-order valence-electron chi connectivity index (χ3n) is 1.79. The van der Waals surface area contributed by atoms with E-state index in [1.54, 1.807) is 0 Å². The van der Waals surface area contributed by atoms with E-state index in [1.165, 1.54) is 0 Å². The number of nitro groups is 1. The Kier molecular flexibility index (Phi) is 3.51. The maximum absolute atomic E-state index is 12.4. The molecule has 92 valence electrons. The van der Waals surface area contributed by atoms with E-state index in [2.05, 4.69) is 9.72 Å². The van der Waals surface area contributed by atoms with Gasteiger partial charge in [-0.25, -0.2) is 18.6 Å². The first-order valence-corrected chi connectivity index (χ1v) is 4.13. The molecule has 9 heteroatoms. The van der Waals surface area contributed by atoms with Crippen molar-refractivity contribution in [1.29, 1.82) is 0 Å². The Labute approximate surface area is 92.8 Å². The van der Waals surface area contributed by atoms with Gasteiger partial charge in [-0.3, -0.25) is 10.1 Å². The van der Waals surface area contributed by atoms with Crippen LogP contribution in [0.5, 0.6) is 5.75 Å². The topological polar surface area (TPSA) is 103 Å². The minimum absolute atomic E-state index is 0.431. The summed E-state index contributed by atoms with van der Waals surface area (Å²) in [5, 5.41) is 19.6. The summed E-state index contributed by atoms with van der Waals surface area (Å²) in [7, 11) is 0.919. The number of aromatic nitrogens is 1. The fourth-order valence-electron chi connectivity index (χ4n) is 1.05. The molecule has 0 saturated carbocycles. The van der Waals surface area contributed by atoms with Gasteiger partial charge in [0.15, 0.2) is 0 Å². The number of halogens is 2. The molecule has 1 N–H and O–H groups in total. The highest BCUT2D eigenvalue weighted by molar-refractivity contribution is 5.91. The summed E-state index contributed by atoms with van der Waals surface area (Å²) >= 11 is 0. The molecule has 0 unspecified atom stereocenters. The minimum Gasteiger partial charge on any atom is -0.506 e. The van der Waals surface area contributed by atoms with Crippen molar-refractivity contribution in [2.24, 2.45) is 0 Å². The Hall–Kier alpha value is -2.32. The van der Waals surface area contributed by atoms with Crippen molar-refractivity contribution < 1.29 is 28.3 Å². The molecular weight excluding hydrogens is 242 g/mol. The van der Waals surface area contributed by atoms with Gasteiger partial charge in [-0.2, -0.15) is 0 Å². The molecule has 0 saturated heterocycles. The van der Waals surface area contributed by atoms with E-state index >= 15 is 0 Å². The Bertz CT molecular complexity index is 477. The molecule has 0 atom stereocenters. The van der Waals surface area contributed by atoms with Crippen molar-refractivity contribution >= 4 is 11.7 Å². The van der Waals surface area contributed by atoms with Gasteiger partial charge in [0.05, 0.1) is 18.1 Å². The number of methoxy groups -OCH3 is 1. The molecule has 17 heavy (non-hydrogen) atoms. The number of carbonyl (C=O) groups is 1. The second-order valence-corrected chi connectivity index (χ2v) is 2.81. The van der Waals surface area contributed by atoms with Gasteiger partial charge in [0.25, 0.3) is 6.43 Å². The van der Waals surface area contributed by atoms with Gasteiger partial charge >= 0.3 is 11.7 Å². The third kappa shape index (κ3) is 2.44. The zero-order valence-electron chi connectivity index (χ0n) is 8.39. The quantitative estimate of drug-likeness (QED) is 0.493. The van der Waals surface area contributed by atoms with Crippen LogP contribution in [0, 0.1) is 10.1 Å². The number of alkyl halides is 2. The first-order chi connectivity index (χ1) is 7.88. The van der Waals surface area contributed by atoms with Crippen molar-refractivity contribution in [2.45, 2.75) is 6.43 Å². The average molecular weight is 248 g/mol. The molecule has 1 aromatic heterocycles. The van der Waals surface area contributed by atoms with Crippen molar-refractivity contribution in [2.75, 3.05) is 7.11 Å². The molecule has 0 bridgehead atoms. The molecule has 1 heterocycles. The Morgan fingerprint density at radius 2 is 2.24 bits per heavy atom. The van der Waals surface area contributed by atoms with Gasteiger partial charge in [-0.05, 0) is 0 Å². The largest absolute Gasteiger partial charge is 0.506 e. The van der Waals surface area contributed by atoms with Crippen LogP contribution in [0.25, 0.3) is 0 Å². The minimum atomic E-state index is -3.17. The number of aromatic hydroxyl groups is 1. The zero-order chi connectivity index (χ0) is 13.2. The molecule has 0 amide bonds. The van der Waals surface area contributed by atoms with Crippen LogP contribution in [0.1, 0.15) is 22.6 Å². The molecule has 0 fully saturated rings. The number of pyridine rings is 1. The number of ether oxygens (including phenoxy) is 1. The molecule has 0 aromatic carbocycles. The fraction of sp³-hybridized carbons (Fsp3) is 0.250. The lowest BCUT2D eigenvalue weighted by molar-refractivity contribution is -0.385. The van der Waals surface area contributed by atoms with Crippen LogP contribution < -0.4 is 0 Å². The molecule has 1 rings (SSSR count). The predicted molar refractivity (Wildman–Crippen MR) is 48.9 cm³/mol. The molecule has 1 aromatic rings. The summed E-state index contributed by atoms with van der Waals surface area (Å²) < 4.78 is 28.9. The summed E-state index contributed by atoms with van der Waals surface area (Å²) in [6, 6.07) is 0.431. The normalized spacial score (nSPS) is 10.4. The molecular formula is C8H6F2N2O5. The van der Waals surface area contributed by atoms with Crippen LogP contribution >= 0.6 is 0 Å². The molecule has 0 radical (unpaired) electrons. The van der Waals surface area contributed by atoms with Crippen LogP contribution in [0.2, 0.25) is 0 Å². The number of carbonyl (C=O) groups excluding carboxylic acids is 1. The number of nitrogens with zero attached hydrogens (tertiary/aromatic N) is 2. The summed E-state index contributed by atoms with van der Waals surface area (Å²) in [5.41, 5.74) is -2.90. The number of hydrogen-bond donors (Lipinski definition) is 1. The summed E-state index contributed by atoms with van der Waals surface area (Å²) in [6.45, 7) is 0. The Balaban J connectivity index is 3.47. The van der Waals surface area contributed by atoms with Gasteiger partial charge in [0, 0.05) is 0 Å². The zero-order valence-corrected chi connectivity index (χ0v) is 8.39. The predicted octanol–water partition coefficient (Wildman–Crippen LogP) is 1.42. The Morgan fingerprint density at radius 3 is 2.65 bits per heavy atom. The van der Waals surface area contributed by atoms with Gasteiger partial charge < -0.3 is 9.84 Å². The standard InChI is InChI=1S/C8H6F2N2O5/c1-17-8(14)5-3(12(15)16)2-4(13)6(11-5)7(9)10/h2,7,13H,1H3. The molecule has 0 aliphatic heterocycles. The lowest BCUT2D eigenvalue weighted by atomic mass is 10.2. The van der Waals surface area contributed by atoms with Crippen LogP contribution in [0.15, 0.2) is 6.07 Å². The fourth-order valence-corrected chi connectivity index (χ4v) is 1.05. The Morgan fingerprint density at radius 1 is 1.65 bits per heavy atom. The van der Waals surface area contributed by atoms with E-state index < -0.39 is 40.1 Å². The van der Waals surface area contributed by atoms with Crippen molar-refractivity contribution in [3.8, 4) is 5.75 Å². The smallest absolute Gasteiger partial charge is 0.363 e. The number of rotatable bonds is 3. The lowest BCUT2D eigenvalue weighted by Crippen LogP contribution is -2.10. The van der Waals surface area contributed by atoms with E-state index in [-0.39, 0.29) is 0 Å². The lowest BCUT2D eigenvalue weighted by Gasteiger charge is -2.05. The van der Waals surface area contributed by atoms with Gasteiger partial charge in [-0.15, -0.1) is 0 Å². The third-order valence-corrected chi connectivity index (χ3v) is 1.79. The number of esters is 1. The van der Waals surface area contributed by atoms with E-state index in [4.69, 9.17) is 5.11 Å². The summed E-state index contributed by atoms with van der Waals surface area (Å²) in [6.07, 6.45) is -3.17. The van der Waals surface area contributed by atoms with E-state index in [0.717, 1.165) is 7.11 Å². The first-order valence-electron chi connectivity index (χ1n) is 4.13. The second-order valence-electron chi connectivity index (χ2n) is 2.81. The van der Waals surface area contributed by atoms with E-state index in [9.17, 15) is 23.7 Å². The summed E-state index contributed by atoms with van der Waals surface area (Å²) in [4.78, 5) is 23.7. The maximum Gasteiger partial charge on any atom is 0.363 e. The molecule has 0 aliphatic rings. The first kappa shape index (κ1) is 12.7. The van der Waals surface area contributed by atoms with Crippen molar-refractivity contribution in [1.82, 2.24) is 4.98 Å². The highest BCUT2D eigenvalue weighted by Crippen LogP contribution is 2.31. The van der Waals surface area contributed by atoms with Crippen LogP contribution in [0.3, 0.4) is 0 Å². The second kappa shape index (κ2) is 4.68. The van der Waals surface area contributed by atoms with Gasteiger partial charge in [-0.1, -0.05) is 0 Å². The van der Waals surface area contributed by atoms with Crippen molar-refractivity contribution in [3.63, 3.8) is 0 Å². The van der Waals surface area contributed by atoms with Crippen molar-refractivity contribution in [3.05, 3.63) is 27.6 Å². The van der Waals surface area contributed by atoms with E-state index in [0.29, 0.717) is 6.07 Å². The van der Waals surface area contributed by atoms with E-state index in [1.807, 2.05) is 0 Å². The average Bonchev–Trinajstić information content (AvgIpc) is 2.26. The van der Waals surface area contributed by atoms with Gasteiger partial charge in [0.1, 0.15) is 11.4 Å². The SMILES string of the molecule is COC(=O)c1nc(C(F)F)c(O)cc1[N+](=O)[O-]. The highest BCUT2D eigenvalue weighted by atomic mass is 19.3.